The Kier molecular flexibility index (Phi) is 6.78. The van der Waals surface area contributed by atoms with Gasteiger partial charge in [-0.1, -0.05) is 12.1 Å². The minimum absolute atomic E-state index is 0.0418. The van der Waals surface area contributed by atoms with Crippen molar-refractivity contribution in [1.82, 2.24) is 10.2 Å². The van der Waals surface area contributed by atoms with Crippen LogP contribution in [-0.2, 0) is 20.7 Å². The number of benzene rings is 1. The lowest BCUT2D eigenvalue weighted by Crippen LogP contribution is -2.48. The molecule has 1 aliphatic heterocycles. The molecule has 0 spiro atoms. The third kappa shape index (κ3) is 6.03. The molecule has 1 unspecified atom stereocenters. The van der Waals surface area contributed by atoms with Crippen molar-refractivity contribution in [3.05, 3.63) is 29.8 Å². The quantitative estimate of drug-likeness (QED) is 0.773. The predicted molar refractivity (Wildman–Crippen MR) is 92.3 cm³/mol. The van der Waals surface area contributed by atoms with Gasteiger partial charge < -0.3 is 24.8 Å². The Morgan fingerprint density at radius 2 is 2.24 bits per heavy atom. The van der Waals surface area contributed by atoms with E-state index in [0.717, 1.165) is 11.3 Å². The molecule has 2 N–H and O–H groups in total. The van der Waals surface area contributed by atoms with E-state index in [-0.39, 0.29) is 31.4 Å². The van der Waals surface area contributed by atoms with Crippen LogP contribution in [0.25, 0.3) is 0 Å². The van der Waals surface area contributed by atoms with E-state index in [1.54, 1.807) is 7.11 Å². The van der Waals surface area contributed by atoms with Gasteiger partial charge in [-0.3, -0.25) is 9.59 Å². The summed E-state index contributed by atoms with van der Waals surface area (Å²) in [5, 5.41) is 13.4. The average molecular weight is 350 g/mol. The number of aliphatic hydroxyl groups is 1. The van der Waals surface area contributed by atoms with Crippen molar-refractivity contribution in [2.45, 2.75) is 25.4 Å². The van der Waals surface area contributed by atoms with E-state index < -0.39 is 5.60 Å². The van der Waals surface area contributed by atoms with Crippen molar-refractivity contribution in [3.63, 3.8) is 0 Å². The molecule has 1 saturated heterocycles. The van der Waals surface area contributed by atoms with E-state index >= 15 is 0 Å². The molecule has 0 bridgehead atoms. The second-order valence-electron chi connectivity index (χ2n) is 6.35. The first kappa shape index (κ1) is 19.2. The summed E-state index contributed by atoms with van der Waals surface area (Å²) in [6.45, 7) is 2.83. The number of hydrogen-bond donors (Lipinski definition) is 2. The summed E-state index contributed by atoms with van der Waals surface area (Å²) in [4.78, 5) is 25.2. The van der Waals surface area contributed by atoms with Crippen molar-refractivity contribution in [2.24, 2.45) is 0 Å². The van der Waals surface area contributed by atoms with Crippen LogP contribution >= 0.6 is 0 Å². The SMILES string of the molecule is COc1cccc(CCNC(=O)CC2(O)COCCN(C(C)=O)C2)c1. The highest BCUT2D eigenvalue weighted by molar-refractivity contribution is 5.77. The van der Waals surface area contributed by atoms with Gasteiger partial charge in [0.2, 0.25) is 11.8 Å². The van der Waals surface area contributed by atoms with Gasteiger partial charge in [0.15, 0.2) is 0 Å². The number of methoxy groups -OCH3 is 1. The Morgan fingerprint density at radius 1 is 1.44 bits per heavy atom. The first-order valence-electron chi connectivity index (χ1n) is 8.37. The van der Waals surface area contributed by atoms with Gasteiger partial charge in [-0.15, -0.1) is 0 Å². The second kappa shape index (κ2) is 8.82. The number of carbonyl (C=O) groups is 2. The van der Waals surface area contributed by atoms with Crippen LogP contribution < -0.4 is 10.1 Å². The van der Waals surface area contributed by atoms with E-state index in [1.165, 1.54) is 11.8 Å². The lowest BCUT2D eigenvalue weighted by atomic mass is 9.99. The fourth-order valence-electron chi connectivity index (χ4n) is 2.83. The molecule has 2 amide bonds. The summed E-state index contributed by atoms with van der Waals surface area (Å²) >= 11 is 0. The summed E-state index contributed by atoms with van der Waals surface area (Å²) in [6, 6.07) is 7.65. The molecular formula is C18H26N2O5. The maximum absolute atomic E-state index is 12.2. The number of hydrogen-bond acceptors (Lipinski definition) is 5. The molecule has 7 nitrogen and oxygen atoms in total. The van der Waals surface area contributed by atoms with Gasteiger partial charge >= 0.3 is 0 Å². The van der Waals surface area contributed by atoms with Gasteiger partial charge in [-0.05, 0) is 24.1 Å². The highest BCUT2D eigenvalue weighted by Gasteiger charge is 2.35. The van der Waals surface area contributed by atoms with Crippen molar-refractivity contribution in [1.29, 1.82) is 0 Å². The number of nitrogens with zero attached hydrogens (tertiary/aromatic N) is 1. The van der Waals surface area contributed by atoms with Crippen molar-refractivity contribution in [2.75, 3.05) is 40.0 Å². The first-order valence-corrected chi connectivity index (χ1v) is 8.37. The highest BCUT2D eigenvalue weighted by Crippen LogP contribution is 2.17. The standard InChI is InChI=1S/C18H26N2O5/c1-14(21)20-8-9-25-13-18(23,12-20)11-17(22)19-7-6-15-4-3-5-16(10-15)24-2/h3-5,10,23H,6-9,11-13H2,1-2H3,(H,19,22). The zero-order valence-corrected chi connectivity index (χ0v) is 14.8. The molecular weight excluding hydrogens is 324 g/mol. The third-order valence-corrected chi connectivity index (χ3v) is 4.17. The number of nitrogens with one attached hydrogen (secondary N) is 1. The van der Waals surface area contributed by atoms with Crippen molar-refractivity contribution >= 4 is 11.8 Å². The Morgan fingerprint density at radius 3 is 2.96 bits per heavy atom. The Hall–Kier alpha value is -2.12. The topological polar surface area (TPSA) is 88.1 Å². The van der Waals surface area contributed by atoms with Crippen LogP contribution in [0.4, 0.5) is 0 Å². The van der Waals surface area contributed by atoms with Gasteiger partial charge in [0.25, 0.3) is 0 Å². The molecule has 1 atom stereocenters. The van der Waals surface area contributed by atoms with Crippen LogP contribution in [0.15, 0.2) is 24.3 Å². The molecule has 1 aromatic carbocycles. The third-order valence-electron chi connectivity index (χ3n) is 4.17. The highest BCUT2D eigenvalue weighted by atomic mass is 16.5. The number of amides is 2. The van der Waals surface area contributed by atoms with Gasteiger partial charge in [-0.2, -0.15) is 0 Å². The molecule has 1 heterocycles. The Bertz CT molecular complexity index is 607. The average Bonchev–Trinajstić information content (AvgIpc) is 2.77. The maximum Gasteiger partial charge on any atom is 0.223 e. The molecule has 25 heavy (non-hydrogen) atoms. The van der Waals surface area contributed by atoms with E-state index in [1.807, 2.05) is 24.3 Å². The summed E-state index contributed by atoms with van der Waals surface area (Å²) in [6.07, 6.45) is 0.562. The minimum atomic E-state index is -1.36. The molecule has 1 fully saturated rings. The minimum Gasteiger partial charge on any atom is -0.497 e. The van der Waals surface area contributed by atoms with Crippen LogP contribution in [0.3, 0.4) is 0 Å². The van der Waals surface area contributed by atoms with Crippen molar-refractivity contribution < 1.29 is 24.2 Å². The molecule has 1 aliphatic rings. The number of ether oxygens (including phenoxy) is 2. The normalized spacial score (nSPS) is 20.7. The molecule has 138 valence electrons. The lowest BCUT2D eigenvalue weighted by Gasteiger charge is -2.29. The predicted octanol–water partition coefficient (Wildman–Crippen LogP) is 0.354. The lowest BCUT2D eigenvalue weighted by molar-refractivity contribution is -0.136. The first-order chi connectivity index (χ1) is 11.9. The fraction of sp³-hybridized carbons (Fsp3) is 0.556. The number of β-amino-alcohol motifs (C(OH)–C–C–N with tert-alkyl or cyclic N) is 1. The van der Waals surface area contributed by atoms with Gasteiger partial charge in [0.05, 0.1) is 33.3 Å². The molecule has 1 aromatic rings. The van der Waals surface area contributed by atoms with Crippen LogP contribution in [0, 0.1) is 0 Å². The largest absolute Gasteiger partial charge is 0.497 e. The Labute approximate surface area is 147 Å². The van der Waals surface area contributed by atoms with E-state index in [2.05, 4.69) is 5.32 Å². The molecule has 0 saturated carbocycles. The van der Waals surface area contributed by atoms with Crippen LogP contribution in [0.5, 0.6) is 5.75 Å². The summed E-state index contributed by atoms with van der Waals surface area (Å²) in [7, 11) is 1.61. The Balaban J connectivity index is 1.82. The monoisotopic (exact) mass is 350 g/mol. The van der Waals surface area contributed by atoms with E-state index in [4.69, 9.17) is 9.47 Å². The van der Waals surface area contributed by atoms with Crippen LogP contribution in [0.2, 0.25) is 0 Å². The fourth-order valence-corrected chi connectivity index (χ4v) is 2.83. The molecule has 0 aliphatic carbocycles. The van der Waals surface area contributed by atoms with Gasteiger partial charge in [0, 0.05) is 20.0 Å². The molecule has 0 aromatic heterocycles. The van der Waals surface area contributed by atoms with Crippen LogP contribution in [-0.4, -0.2) is 67.4 Å². The maximum atomic E-state index is 12.2. The number of rotatable bonds is 6. The molecule has 7 heteroatoms. The smallest absolute Gasteiger partial charge is 0.223 e. The zero-order valence-electron chi connectivity index (χ0n) is 14.8. The van der Waals surface area contributed by atoms with Crippen molar-refractivity contribution in [3.8, 4) is 5.75 Å². The van der Waals surface area contributed by atoms with Gasteiger partial charge in [-0.25, -0.2) is 0 Å². The van der Waals surface area contributed by atoms with E-state index in [9.17, 15) is 14.7 Å². The summed E-state index contributed by atoms with van der Waals surface area (Å²) < 4.78 is 10.5. The van der Waals surface area contributed by atoms with Crippen LogP contribution in [0.1, 0.15) is 18.9 Å². The summed E-state index contributed by atoms with van der Waals surface area (Å²) in [5.74, 6) is 0.375. The molecule has 0 radical (unpaired) electrons. The van der Waals surface area contributed by atoms with E-state index in [0.29, 0.717) is 26.1 Å². The molecule has 2 rings (SSSR count). The number of carbonyl (C=O) groups excluding carboxylic acids is 2. The zero-order chi connectivity index (χ0) is 18.3. The second-order valence-corrected chi connectivity index (χ2v) is 6.35. The van der Waals surface area contributed by atoms with Gasteiger partial charge in [0.1, 0.15) is 11.4 Å². The summed E-state index contributed by atoms with van der Waals surface area (Å²) in [5.41, 5.74) is -0.304.